The zero-order valence-electron chi connectivity index (χ0n) is 32.2. The standard InChI is InChI=1S/C42H26/c1-3-11-27(12-4-1)31-23-19-29-21-25-37-38(26-22-30-20-24-36(31)40(29)41(30)37)42-34-17-9-7-15-32(34)39(28-13-5-2-6-14-28)33-16-8-10-18-35(33)42/h1-26H/i1D,2D,3D,4D,5D,6D,11D,12D,13D,14D. The first-order valence-electron chi connectivity index (χ1n) is 18.8. The minimum Gasteiger partial charge on any atom is -0.0622 e. The van der Waals surface area contributed by atoms with E-state index in [0.29, 0.717) is 11.1 Å². The van der Waals surface area contributed by atoms with E-state index in [-0.39, 0.29) is 59.5 Å². The van der Waals surface area contributed by atoms with Crippen LogP contribution in [0.25, 0.3) is 87.2 Å². The van der Waals surface area contributed by atoms with Crippen LogP contribution in [0.4, 0.5) is 0 Å². The minimum absolute atomic E-state index is 0.153. The van der Waals surface area contributed by atoms with E-state index in [0.717, 1.165) is 65.0 Å². The molecule has 0 saturated heterocycles. The Labute approximate surface area is 258 Å². The second-order valence-corrected chi connectivity index (χ2v) is 10.5. The molecule has 9 rings (SSSR count). The van der Waals surface area contributed by atoms with Crippen LogP contribution in [0.1, 0.15) is 13.7 Å². The van der Waals surface area contributed by atoms with Gasteiger partial charge in [-0.25, -0.2) is 0 Å². The van der Waals surface area contributed by atoms with Gasteiger partial charge >= 0.3 is 0 Å². The van der Waals surface area contributed by atoms with E-state index in [1.165, 1.54) is 0 Å². The Morgan fingerprint density at radius 2 is 0.762 bits per heavy atom. The van der Waals surface area contributed by atoms with Crippen LogP contribution in [0.5, 0.6) is 0 Å². The van der Waals surface area contributed by atoms with Crippen LogP contribution in [-0.4, -0.2) is 0 Å². The molecule has 42 heavy (non-hydrogen) atoms. The second kappa shape index (κ2) is 9.03. The van der Waals surface area contributed by atoms with Crippen molar-refractivity contribution in [2.75, 3.05) is 0 Å². The lowest BCUT2D eigenvalue weighted by molar-refractivity contribution is 1.66. The second-order valence-electron chi connectivity index (χ2n) is 10.5. The molecular weight excluding hydrogens is 504 g/mol. The van der Waals surface area contributed by atoms with Gasteiger partial charge in [0.25, 0.3) is 0 Å². The molecule has 0 unspecified atom stereocenters. The summed E-state index contributed by atoms with van der Waals surface area (Å²) in [7, 11) is 0. The van der Waals surface area contributed by atoms with Crippen LogP contribution in [0.2, 0.25) is 0 Å². The maximum Gasteiger partial charge on any atom is 0.0629 e. The lowest BCUT2D eigenvalue weighted by Crippen LogP contribution is -1.93. The van der Waals surface area contributed by atoms with Crippen molar-refractivity contribution in [3.63, 3.8) is 0 Å². The van der Waals surface area contributed by atoms with Gasteiger partial charge in [-0.1, -0.05) is 157 Å². The van der Waals surface area contributed by atoms with Gasteiger partial charge in [0.05, 0.1) is 13.7 Å². The van der Waals surface area contributed by atoms with Gasteiger partial charge in [0.15, 0.2) is 0 Å². The van der Waals surface area contributed by atoms with Crippen LogP contribution in [0.15, 0.2) is 157 Å². The molecule has 0 nitrogen and oxygen atoms in total. The Morgan fingerprint density at radius 3 is 1.31 bits per heavy atom. The van der Waals surface area contributed by atoms with E-state index in [2.05, 4.69) is 18.2 Å². The summed E-state index contributed by atoms with van der Waals surface area (Å²) in [4.78, 5) is 0. The highest BCUT2D eigenvalue weighted by Gasteiger charge is 2.20. The SMILES string of the molecule is [2H]c1c([2H])c([2H])c(-c2c3ccccc3c(-c3ccc4ccc5c(-c6c([2H])c([2H])c([2H])c([2H])c6[2H])ccc6ccc3c4c65)c3ccccc23)c([2H])c1[2H]. The van der Waals surface area contributed by atoms with Crippen LogP contribution in [-0.2, 0) is 0 Å². The van der Waals surface area contributed by atoms with Crippen molar-refractivity contribution in [2.24, 2.45) is 0 Å². The van der Waals surface area contributed by atoms with E-state index in [9.17, 15) is 0 Å². The predicted molar refractivity (Wildman–Crippen MR) is 181 cm³/mol. The van der Waals surface area contributed by atoms with E-state index in [4.69, 9.17) is 13.7 Å². The number of hydrogen-bond donors (Lipinski definition) is 0. The maximum atomic E-state index is 8.88. The van der Waals surface area contributed by atoms with E-state index < -0.39 is 12.1 Å². The molecule has 0 fully saturated rings. The zero-order valence-corrected chi connectivity index (χ0v) is 22.2. The topological polar surface area (TPSA) is 0 Å². The van der Waals surface area contributed by atoms with Gasteiger partial charge < -0.3 is 0 Å². The summed E-state index contributed by atoms with van der Waals surface area (Å²) in [6.45, 7) is 0. The van der Waals surface area contributed by atoms with Crippen LogP contribution < -0.4 is 0 Å². The summed E-state index contributed by atoms with van der Waals surface area (Å²) < 4.78 is 85.1. The molecule has 194 valence electrons. The van der Waals surface area contributed by atoms with Gasteiger partial charge in [-0.05, 0) is 87.2 Å². The Bertz CT molecular complexity index is 2910. The van der Waals surface area contributed by atoms with Crippen LogP contribution in [0.3, 0.4) is 0 Å². The molecule has 0 bridgehead atoms. The lowest BCUT2D eigenvalue weighted by Gasteiger charge is -2.20. The molecule has 0 saturated carbocycles. The summed E-state index contributed by atoms with van der Waals surface area (Å²) in [5.41, 5.74) is 3.32. The van der Waals surface area contributed by atoms with Gasteiger partial charge in [-0.15, -0.1) is 0 Å². The van der Waals surface area contributed by atoms with E-state index in [1.54, 1.807) is 0 Å². The van der Waals surface area contributed by atoms with E-state index >= 15 is 0 Å². The first kappa shape index (κ1) is 15.5. The molecule has 0 amide bonds. The molecule has 9 aromatic carbocycles. The molecule has 0 radical (unpaired) electrons. The smallest absolute Gasteiger partial charge is 0.0622 e. The average Bonchev–Trinajstić information content (AvgIpc) is 3.17. The third kappa shape index (κ3) is 3.30. The fourth-order valence-electron chi connectivity index (χ4n) is 6.68. The fraction of sp³-hybridized carbons (Fsp3) is 0. The molecule has 0 heteroatoms. The Kier molecular flexibility index (Phi) is 3.33. The van der Waals surface area contributed by atoms with Gasteiger partial charge in [-0.3, -0.25) is 0 Å². The van der Waals surface area contributed by atoms with Crippen LogP contribution >= 0.6 is 0 Å². The molecular formula is C42H26. The third-order valence-corrected chi connectivity index (χ3v) is 8.38. The van der Waals surface area contributed by atoms with Crippen molar-refractivity contribution in [3.8, 4) is 33.4 Å². The lowest BCUT2D eigenvalue weighted by atomic mass is 9.83. The third-order valence-electron chi connectivity index (χ3n) is 8.38. The Hall–Kier alpha value is -5.46. The number of rotatable bonds is 3. The number of hydrogen-bond acceptors (Lipinski definition) is 0. The molecule has 0 aliphatic carbocycles. The molecule has 0 aliphatic rings. The highest BCUT2D eigenvalue weighted by molar-refractivity contribution is 6.30. The van der Waals surface area contributed by atoms with Gasteiger partial charge in [0.2, 0.25) is 0 Å². The molecule has 0 aliphatic heterocycles. The van der Waals surface area contributed by atoms with Crippen molar-refractivity contribution in [3.05, 3.63) is 157 Å². The first-order valence-corrected chi connectivity index (χ1v) is 13.8. The van der Waals surface area contributed by atoms with Gasteiger partial charge in [0, 0.05) is 0 Å². The van der Waals surface area contributed by atoms with Crippen molar-refractivity contribution < 1.29 is 13.7 Å². The quantitative estimate of drug-likeness (QED) is 0.154. The minimum atomic E-state index is -0.438. The predicted octanol–water partition coefficient (Wildman–Crippen LogP) is 11.9. The highest BCUT2D eigenvalue weighted by Crippen LogP contribution is 2.47. The van der Waals surface area contributed by atoms with E-state index in [1.807, 2.05) is 78.9 Å². The maximum absolute atomic E-state index is 8.88. The van der Waals surface area contributed by atoms with Crippen molar-refractivity contribution in [1.29, 1.82) is 0 Å². The zero-order chi connectivity index (χ0) is 36.3. The largest absolute Gasteiger partial charge is 0.0629 e. The Balaban J connectivity index is 1.41. The van der Waals surface area contributed by atoms with Crippen LogP contribution in [0, 0.1) is 0 Å². The number of fused-ring (bicyclic) bond motifs is 2. The molecule has 0 N–H and O–H groups in total. The molecule has 0 atom stereocenters. The Morgan fingerprint density at radius 1 is 0.333 bits per heavy atom. The van der Waals surface area contributed by atoms with Crippen molar-refractivity contribution in [1.82, 2.24) is 0 Å². The summed E-state index contributed by atoms with van der Waals surface area (Å²) in [5, 5.41) is 8.79. The molecule has 0 spiro atoms. The summed E-state index contributed by atoms with van der Waals surface area (Å²) >= 11 is 0. The average molecular weight is 541 g/mol. The van der Waals surface area contributed by atoms with Crippen molar-refractivity contribution in [2.45, 2.75) is 0 Å². The molecule has 9 aromatic rings. The number of benzene rings is 9. The summed E-state index contributed by atoms with van der Waals surface area (Å²) in [5.74, 6) is 0. The highest BCUT2D eigenvalue weighted by atomic mass is 14.2. The monoisotopic (exact) mass is 540 g/mol. The summed E-state index contributed by atoms with van der Waals surface area (Å²) in [6, 6.07) is 28.2. The summed E-state index contributed by atoms with van der Waals surface area (Å²) in [6.07, 6.45) is 0. The van der Waals surface area contributed by atoms with Crippen molar-refractivity contribution >= 4 is 53.9 Å². The molecule has 0 aromatic heterocycles. The fourth-order valence-corrected chi connectivity index (χ4v) is 6.68. The molecule has 0 heterocycles. The normalized spacial score (nSPS) is 15.1. The first-order chi connectivity index (χ1) is 25.0. The van der Waals surface area contributed by atoms with Gasteiger partial charge in [0.1, 0.15) is 0 Å². The van der Waals surface area contributed by atoms with Gasteiger partial charge in [-0.2, -0.15) is 0 Å².